The Balaban J connectivity index is 1.98. The molecule has 2 rings (SSSR count). The molecule has 0 radical (unpaired) electrons. The molecule has 0 spiro atoms. The highest BCUT2D eigenvalue weighted by Crippen LogP contribution is 2.25. The highest BCUT2D eigenvalue weighted by atomic mass is 16.5. The van der Waals surface area contributed by atoms with Gasteiger partial charge < -0.3 is 19.5 Å². The summed E-state index contributed by atoms with van der Waals surface area (Å²) in [5, 5.41) is 2.78. The zero-order valence-electron chi connectivity index (χ0n) is 20.7. The molecule has 2 aromatic rings. The summed E-state index contributed by atoms with van der Waals surface area (Å²) in [5.74, 6) is -0.246. The SMILES string of the molecule is CCOC(=O)C(CC)(CCc1ccc(Oc2ccc(C(=O)COC(=O)CC)cc2)cc1)NC(C)=O. The van der Waals surface area contributed by atoms with Gasteiger partial charge in [-0.3, -0.25) is 14.4 Å². The first kappa shape index (κ1) is 27.6. The highest BCUT2D eigenvalue weighted by Gasteiger charge is 2.38. The third-order valence-electron chi connectivity index (χ3n) is 5.51. The van der Waals surface area contributed by atoms with E-state index in [1.165, 1.54) is 6.92 Å². The number of benzene rings is 2. The first-order valence-corrected chi connectivity index (χ1v) is 11.7. The number of rotatable bonds is 13. The molecule has 8 heteroatoms. The van der Waals surface area contributed by atoms with Gasteiger partial charge in [-0.05, 0) is 68.1 Å². The number of Topliss-reactive ketones (excluding diaryl/α,β-unsaturated/α-hetero) is 1. The van der Waals surface area contributed by atoms with Crippen molar-refractivity contribution >= 4 is 23.6 Å². The molecule has 1 unspecified atom stereocenters. The second kappa shape index (κ2) is 13.3. The maximum Gasteiger partial charge on any atom is 0.331 e. The van der Waals surface area contributed by atoms with Crippen LogP contribution in [0.2, 0.25) is 0 Å². The van der Waals surface area contributed by atoms with Crippen LogP contribution in [0.1, 0.15) is 62.9 Å². The number of carbonyl (C=O) groups excluding carboxylic acids is 4. The number of nitrogens with one attached hydrogen (secondary N) is 1. The molecule has 0 aliphatic heterocycles. The number of esters is 2. The molecular weight excluding hydrogens is 450 g/mol. The summed E-state index contributed by atoms with van der Waals surface area (Å²) >= 11 is 0. The van der Waals surface area contributed by atoms with E-state index in [4.69, 9.17) is 14.2 Å². The third kappa shape index (κ3) is 8.24. The Morgan fingerprint density at radius 2 is 1.46 bits per heavy atom. The van der Waals surface area contributed by atoms with E-state index in [9.17, 15) is 19.2 Å². The Hall–Kier alpha value is -3.68. The van der Waals surface area contributed by atoms with Gasteiger partial charge in [0.15, 0.2) is 12.4 Å². The van der Waals surface area contributed by atoms with Gasteiger partial charge in [0.1, 0.15) is 17.0 Å². The van der Waals surface area contributed by atoms with Gasteiger partial charge in [0.2, 0.25) is 5.91 Å². The van der Waals surface area contributed by atoms with Crippen molar-refractivity contribution in [3.05, 3.63) is 59.7 Å². The normalized spacial score (nSPS) is 12.2. The van der Waals surface area contributed by atoms with Crippen molar-refractivity contribution in [2.75, 3.05) is 13.2 Å². The van der Waals surface area contributed by atoms with Crippen molar-refractivity contribution in [2.24, 2.45) is 0 Å². The number of aryl methyl sites for hydroxylation is 1. The van der Waals surface area contributed by atoms with Crippen molar-refractivity contribution in [3.8, 4) is 11.5 Å². The Morgan fingerprint density at radius 1 is 0.857 bits per heavy atom. The second-order valence-corrected chi connectivity index (χ2v) is 8.05. The Morgan fingerprint density at radius 3 is 1.97 bits per heavy atom. The lowest BCUT2D eigenvalue weighted by Gasteiger charge is -2.31. The summed E-state index contributed by atoms with van der Waals surface area (Å²) in [6.45, 7) is 6.60. The summed E-state index contributed by atoms with van der Waals surface area (Å²) in [6.07, 6.45) is 1.61. The van der Waals surface area contributed by atoms with E-state index in [-0.39, 0.29) is 31.3 Å². The van der Waals surface area contributed by atoms with E-state index in [1.807, 2.05) is 31.2 Å². The minimum absolute atomic E-state index is 0.221. The zero-order valence-corrected chi connectivity index (χ0v) is 20.7. The number of amides is 1. The van der Waals surface area contributed by atoms with Crippen LogP contribution in [0.15, 0.2) is 48.5 Å². The minimum Gasteiger partial charge on any atom is -0.464 e. The fourth-order valence-corrected chi connectivity index (χ4v) is 3.49. The van der Waals surface area contributed by atoms with Crippen LogP contribution in [0.4, 0.5) is 0 Å². The topological polar surface area (TPSA) is 108 Å². The predicted octanol–water partition coefficient (Wildman–Crippen LogP) is 4.40. The zero-order chi connectivity index (χ0) is 25.8. The van der Waals surface area contributed by atoms with E-state index in [0.29, 0.717) is 36.3 Å². The average Bonchev–Trinajstić information content (AvgIpc) is 2.86. The molecule has 0 saturated heterocycles. The lowest BCUT2D eigenvalue weighted by Crippen LogP contribution is -2.54. The summed E-state index contributed by atoms with van der Waals surface area (Å²) in [4.78, 5) is 47.6. The quantitative estimate of drug-likeness (QED) is 0.332. The molecule has 0 aliphatic rings. The molecule has 1 N–H and O–H groups in total. The molecule has 0 saturated carbocycles. The van der Waals surface area contributed by atoms with Crippen LogP contribution in [0, 0.1) is 0 Å². The number of ether oxygens (including phenoxy) is 3. The van der Waals surface area contributed by atoms with Crippen molar-refractivity contribution < 1.29 is 33.4 Å². The Kier molecular flexibility index (Phi) is 10.5. The molecular formula is C27H33NO7. The largest absolute Gasteiger partial charge is 0.464 e. The predicted molar refractivity (Wildman–Crippen MR) is 130 cm³/mol. The first-order valence-electron chi connectivity index (χ1n) is 11.7. The van der Waals surface area contributed by atoms with Gasteiger partial charge in [-0.15, -0.1) is 0 Å². The Bertz CT molecular complexity index is 1010. The van der Waals surface area contributed by atoms with Gasteiger partial charge in [-0.1, -0.05) is 26.0 Å². The second-order valence-electron chi connectivity index (χ2n) is 8.05. The van der Waals surface area contributed by atoms with Gasteiger partial charge in [-0.25, -0.2) is 4.79 Å². The molecule has 1 atom stereocenters. The third-order valence-corrected chi connectivity index (χ3v) is 5.51. The molecule has 0 fully saturated rings. The first-order chi connectivity index (χ1) is 16.7. The molecule has 0 heterocycles. The van der Waals surface area contributed by atoms with Crippen molar-refractivity contribution in [3.63, 3.8) is 0 Å². The van der Waals surface area contributed by atoms with Crippen LogP contribution in [-0.2, 0) is 30.3 Å². The lowest BCUT2D eigenvalue weighted by molar-refractivity contribution is -0.153. The summed E-state index contributed by atoms with van der Waals surface area (Å²) in [6, 6.07) is 14.0. The molecule has 35 heavy (non-hydrogen) atoms. The Labute approximate surface area is 205 Å². The molecule has 2 aromatic carbocycles. The number of carbonyl (C=O) groups is 4. The molecule has 1 amide bonds. The molecule has 8 nitrogen and oxygen atoms in total. The molecule has 0 bridgehead atoms. The van der Waals surface area contributed by atoms with Crippen LogP contribution in [-0.4, -0.2) is 42.4 Å². The number of hydrogen-bond acceptors (Lipinski definition) is 7. The van der Waals surface area contributed by atoms with Crippen molar-refractivity contribution in [1.82, 2.24) is 5.32 Å². The van der Waals surface area contributed by atoms with E-state index in [2.05, 4.69) is 5.32 Å². The highest BCUT2D eigenvalue weighted by molar-refractivity contribution is 5.98. The van der Waals surface area contributed by atoms with E-state index >= 15 is 0 Å². The van der Waals surface area contributed by atoms with Crippen molar-refractivity contribution in [1.29, 1.82) is 0 Å². The summed E-state index contributed by atoms with van der Waals surface area (Å²) in [7, 11) is 0. The fraction of sp³-hybridized carbons (Fsp3) is 0.407. The van der Waals surface area contributed by atoms with Crippen LogP contribution < -0.4 is 10.1 Å². The van der Waals surface area contributed by atoms with Crippen molar-refractivity contribution in [2.45, 2.75) is 58.9 Å². The van der Waals surface area contributed by atoms with Crippen LogP contribution in [0.25, 0.3) is 0 Å². The van der Waals surface area contributed by atoms with Gasteiger partial charge >= 0.3 is 11.9 Å². The van der Waals surface area contributed by atoms with Gasteiger partial charge in [0.25, 0.3) is 0 Å². The number of ketones is 1. The maximum absolute atomic E-state index is 12.6. The van der Waals surface area contributed by atoms with Crippen LogP contribution >= 0.6 is 0 Å². The fourth-order valence-electron chi connectivity index (χ4n) is 3.49. The van der Waals surface area contributed by atoms with Crippen LogP contribution in [0.5, 0.6) is 11.5 Å². The van der Waals surface area contributed by atoms with E-state index in [1.54, 1.807) is 38.1 Å². The average molecular weight is 484 g/mol. The standard InChI is InChI=1S/C27H33NO7/c1-5-25(31)34-18-24(30)21-10-14-23(15-11-21)35-22-12-8-20(9-13-22)16-17-27(6-2,28-19(4)29)26(32)33-7-3/h8-15H,5-7,16-18H2,1-4H3,(H,28,29). The lowest BCUT2D eigenvalue weighted by atomic mass is 9.88. The molecule has 188 valence electrons. The summed E-state index contributed by atoms with van der Waals surface area (Å²) < 4.78 is 15.9. The van der Waals surface area contributed by atoms with Gasteiger partial charge in [0.05, 0.1) is 6.61 Å². The maximum atomic E-state index is 12.6. The smallest absolute Gasteiger partial charge is 0.331 e. The van der Waals surface area contributed by atoms with Gasteiger partial charge in [0, 0.05) is 18.9 Å². The number of hydrogen-bond donors (Lipinski definition) is 1. The molecule has 0 aromatic heterocycles. The van der Waals surface area contributed by atoms with Gasteiger partial charge in [-0.2, -0.15) is 0 Å². The van der Waals surface area contributed by atoms with E-state index < -0.39 is 17.5 Å². The molecule has 0 aliphatic carbocycles. The van der Waals surface area contributed by atoms with E-state index in [0.717, 1.165) is 5.56 Å². The minimum atomic E-state index is -1.06. The summed E-state index contributed by atoms with van der Waals surface area (Å²) in [5.41, 5.74) is 0.342. The monoisotopic (exact) mass is 483 g/mol. The van der Waals surface area contributed by atoms with Crippen LogP contribution in [0.3, 0.4) is 0 Å².